The molecule has 5 nitrogen and oxygen atoms in total. The fourth-order valence-electron chi connectivity index (χ4n) is 1.70. The molecular formula is C13H10N4OS. The number of nitrogens with one attached hydrogen (secondary N) is 1. The van der Waals surface area contributed by atoms with Gasteiger partial charge in [-0.3, -0.25) is 4.79 Å². The normalized spacial score (nSPS) is 10.3. The largest absolute Gasteiger partial charge is 0.319 e. The molecule has 0 spiro atoms. The van der Waals surface area contributed by atoms with Crippen LogP contribution < -0.4 is 5.32 Å². The minimum Gasteiger partial charge on any atom is -0.319 e. The van der Waals surface area contributed by atoms with Gasteiger partial charge >= 0.3 is 0 Å². The minimum absolute atomic E-state index is 0.221. The summed E-state index contributed by atoms with van der Waals surface area (Å²) in [6, 6.07) is 9.32. The Morgan fingerprint density at radius 3 is 2.89 bits per heavy atom. The average Bonchev–Trinajstić information content (AvgIpc) is 3.13. The van der Waals surface area contributed by atoms with Gasteiger partial charge in [-0.2, -0.15) is 5.10 Å². The van der Waals surface area contributed by atoms with Crippen LogP contribution >= 0.6 is 11.3 Å². The molecule has 2 aromatic heterocycles. The minimum atomic E-state index is -0.221. The maximum Gasteiger partial charge on any atom is 0.275 e. The second kappa shape index (κ2) is 5.03. The van der Waals surface area contributed by atoms with Crippen LogP contribution in [0.15, 0.2) is 53.6 Å². The molecule has 19 heavy (non-hydrogen) atoms. The zero-order valence-electron chi connectivity index (χ0n) is 9.85. The molecule has 0 unspecified atom stereocenters. The molecule has 3 rings (SSSR count). The van der Waals surface area contributed by atoms with Crippen molar-refractivity contribution in [1.82, 2.24) is 14.8 Å². The van der Waals surface area contributed by atoms with Crippen LogP contribution in [0.25, 0.3) is 5.69 Å². The van der Waals surface area contributed by atoms with E-state index in [4.69, 9.17) is 0 Å². The van der Waals surface area contributed by atoms with E-state index in [0.29, 0.717) is 11.4 Å². The molecule has 3 aromatic rings. The first-order valence-electron chi connectivity index (χ1n) is 5.63. The molecule has 0 aliphatic rings. The SMILES string of the molecule is O=C(Nc1ccccc1-n1cccn1)c1cscn1. The molecule has 0 atom stereocenters. The van der Waals surface area contributed by atoms with Crippen molar-refractivity contribution in [2.24, 2.45) is 0 Å². The molecule has 94 valence electrons. The summed E-state index contributed by atoms with van der Waals surface area (Å²) < 4.78 is 1.71. The molecule has 0 radical (unpaired) electrons. The monoisotopic (exact) mass is 270 g/mol. The molecule has 1 aromatic carbocycles. The first kappa shape index (κ1) is 11.6. The van der Waals surface area contributed by atoms with Gasteiger partial charge in [-0.15, -0.1) is 11.3 Å². The summed E-state index contributed by atoms with van der Waals surface area (Å²) in [5.41, 5.74) is 3.56. The second-order valence-corrected chi connectivity index (χ2v) is 4.51. The Kier molecular flexibility index (Phi) is 3.07. The number of aromatic nitrogens is 3. The number of hydrogen-bond acceptors (Lipinski definition) is 4. The summed E-state index contributed by atoms with van der Waals surface area (Å²) in [7, 11) is 0. The number of anilines is 1. The van der Waals surface area contributed by atoms with Crippen LogP contribution in [0, 0.1) is 0 Å². The van der Waals surface area contributed by atoms with Crippen molar-refractivity contribution in [3.05, 3.63) is 59.3 Å². The summed E-state index contributed by atoms with van der Waals surface area (Å²) >= 11 is 1.39. The molecule has 0 aliphatic carbocycles. The number of hydrogen-bond donors (Lipinski definition) is 1. The Morgan fingerprint density at radius 1 is 1.26 bits per heavy atom. The van der Waals surface area contributed by atoms with Gasteiger partial charge in [-0.25, -0.2) is 9.67 Å². The molecule has 2 heterocycles. The van der Waals surface area contributed by atoms with Crippen molar-refractivity contribution in [3.63, 3.8) is 0 Å². The van der Waals surface area contributed by atoms with Crippen LogP contribution in [0.2, 0.25) is 0 Å². The Hall–Kier alpha value is -2.47. The van der Waals surface area contributed by atoms with E-state index in [1.165, 1.54) is 11.3 Å². The van der Waals surface area contributed by atoms with Crippen molar-refractivity contribution in [3.8, 4) is 5.69 Å². The summed E-state index contributed by atoms with van der Waals surface area (Å²) in [5.74, 6) is -0.221. The third-order valence-corrected chi connectivity index (χ3v) is 3.15. The predicted molar refractivity (Wildman–Crippen MR) is 73.6 cm³/mol. The first-order valence-corrected chi connectivity index (χ1v) is 6.57. The number of carbonyl (C=O) groups excluding carboxylic acids is 1. The smallest absolute Gasteiger partial charge is 0.275 e. The van der Waals surface area contributed by atoms with Crippen LogP contribution in [-0.2, 0) is 0 Å². The Morgan fingerprint density at radius 2 is 2.16 bits per heavy atom. The maximum absolute atomic E-state index is 12.0. The highest BCUT2D eigenvalue weighted by Crippen LogP contribution is 2.19. The zero-order valence-corrected chi connectivity index (χ0v) is 10.7. The Labute approximate surface area is 113 Å². The fraction of sp³-hybridized carbons (Fsp3) is 0. The summed E-state index contributed by atoms with van der Waals surface area (Å²) in [6.45, 7) is 0. The van der Waals surface area contributed by atoms with E-state index in [9.17, 15) is 4.79 Å². The lowest BCUT2D eigenvalue weighted by atomic mass is 10.2. The van der Waals surface area contributed by atoms with Gasteiger partial charge in [0.15, 0.2) is 0 Å². The number of benzene rings is 1. The van der Waals surface area contributed by atoms with Gasteiger partial charge in [0.1, 0.15) is 5.69 Å². The third-order valence-electron chi connectivity index (χ3n) is 2.57. The molecule has 0 bridgehead atoms. The number of thiazole rings is 1. The van der Waals surface area contributed by atoms with Gasteiger partial charge in [0.2, 0.25) is 0 Å². The lowest BCUT2D eigenvalue weighted by molar-refractivity contribution is 0.102. The molecule has 0 saturated heterocycles. The van der Waals surface area contributed by atoms with Gasteiger partial charge < -0.3 is 5.32 Å². The topological polar surface area (TPSA) is 59.8 Å². The van der Waals surface area contributed by atoms with E-state index < -0.39 is 0 Å². The van der Waals surface area contributed by atoms with Crippen LogP contribution in [0.4, 0.5) is 5.69 Å². The Balaban J connectivity index is 1.92. The predicted octanol–water partition coefficient (Wildman–Crippen LogP) is 2.58. The van der Waals surface area contributed by atoms with Crippen LogP contribution in [0.3, 0.4) is 0 Å². The van der Waals surface area contributed by atoms with Crippen LogP contribution in [0.5, 0.6) is 0 Å². The average molecular weight is 270 g/mol. The van der Waals surface area contributed by atoms with E-state index >= 15 is 0 Å². The van der Waals surface area contributed by atoms with E-state index in [2.05, 4.69) is 15.4 Å². The fourth-order valence-corrected chi connectivity index (χ4v) is 2.23. The van der Waals surface area contributed by atoms with Gasteiger partial charge in [-0.1, -0.05) is 12.1 Å². The van der Waals surface area contributed by atoms with Crippen molar-refractivity contribution in [2.45, 2.75) is 0 Å². The van der Waals surface area contributed by atoms with Crippen molar-refractivity contribution < 1.29 is 4.79 Å². The standard InChI is InChI=1S/C13H10N4OS/c18-13(11-8-19-9-14-11)16-10-4-1-2-5-12(10)17-7-3-6-15-17/h1-9H,(H,16,18). The number of para-hydroxylation sites is 2. The van der Waals surface area contributed by atoms with Gasteiger partial charge in [0.05, 0.1) is 16.9 Å². The lowest BCUT2D eigenvalue weighted by Crippen LogP contribution is -2.14. The molecule has 1 N–H and O–H groups in total. The van der Waals surface area contributed by atoms with E-state index in [1.807, 2.05) is 36.5 Å². The number of amides is 1. The van der Waals surface area contributed by atoms with Gasteiger partial charge in [0.25, 0.3) is 5.91 Å². The second-order valence-electron chi connectivity index (χ2n) is 3.80. The number of carbonyl (C=O) groups is 1. The molecule has 0 aliphatic heterocycles. The highest BCUT2D eigenvalue weighted by Gasteiger charge is 2.11. The van der Waals surface area contributed by atoms with E-state index in [1.54, 1.807) is 21.8 Å². The highest BCUT2D eigenvalue weighted by molar-refractivity contribution is 7.07. The summed E-state index contributed by atoms with van der Waals surface area (Å²) in [5, 5.41) is 8.73. The van der Waals surface area contributed by atoms with Gasteiger partial charge in [-0.05, 0) is 18.2 Å². The van der Waals surface area contributed by atoms with Crippen molar-refractivity contribution in [2.75, 3.05) is 5.32 Å². The van der Waals surface area contributed by atoms with Crippen molar-refractivity contribution in [1.29, 1.82) is 0 Å². The first-order chi connectivity index (χ1) is 9.34. The molecule has 1 amide bonds. The number of nitrogens with zero attached hydrogens (tertiary/aromatic N) is 3. The molecule has 0 fully saturated rings. The van der Waals surface area contributed by atoms with E-state index in [-0.39, 0.29) is 5.91 Å². The van der Waals surface area contributed by atoms with Crippen LogP contribution in [0.1, 0.15) is 10.5 Å². The van der Waals surface area contributed by atoms with Gasteiger partial charge in [0, 0.05) is 17.8 Å². The molecule has 0 saturated carbocycles. The molecule has 6 heteroatoms. The van der Waals surface area contributed by atoms with Crippen LogP contribution in [-0.4, -0.2) is 20.7 Å². The van der Waals surface area contributed by atoms with E-state index in [0.717, 1.165) is 5.69 Å². The van der Waals surface area contributed by atoms with Crippen molar-refractivity contribution >= 4 is 22.9 Å². The third kappa shape index (κ3) is 2.38. The highest BCUT2D eigenvalue weighted by atomic mass is 32.1. The lowest BCUT2D eigenvalue weighted by Gasteiger charge is -2.09. The number of rotatable bonds is 3. The molecular weight excluding hydrogens is 260 g/mol. The summed E-state index contributed by atoms with van der Waals surface area (Å²) in [6.07, 6.45) is 3.52. The Bertz CT molecular complexity index is 677. The quantitative estimate of drug-likeness (QED) is 0.795. The summed E-state index contributed by atoms with van der Waals surface area (Å²) in [4.78, 5) is 16.0. The maximum atomic E-state index is 12.0. The zero-order chi connectivity index (χ0) is 13.1.